The van der Waals surface area contributed by atoms with E-state index in [0.29, 0.717) is 5.33 Å². The van der Waals surface area contributed by atoms with Gasteiger partial charge >= 0.3 is 0 Å². The Bertz CT molecular complexity index is 376. The number of hydrogen-bond acceptors (Lipinski definition) is 3. The number of aliphatic hydroxyl groups is 2. The topological polar surface area (TPSA) is 66.5 Å². The summed E-state index contributed by atoms with van der Waals surface area (Å²) in [5.41, 5.74) is 5.35. The molecule has 3 nitrogen and oxygen atoms in total. The molecule has 0 bridgehead atoms. The zero-order valence-corrected chi connectivity index (χ0v) is 9.92. The second kappa shape index (κ2) is 5.56. The molecule has 0 heterocycles. The van der Waals surface area contributed by atoms with E-state index in [1.165, 1.54) is 0 Å². The van der Waals surface area contributed by atoms with Crippen molar-refractivity contribution in [3.05, 3.63) is 29.3 Å². The zero-order valence-electron chi connectivity index (χ0n) is 8.33. The first-order chi connectivity index (χ1) is 7.47. The molecule has 16 heavy (non-hydrogen) atoms. The highest BCUT2D eigenvalue weighted by atomic mass is 79.9. The molecule has 1 aromatic carbocycles. The minimum absolute atomic E-state index is 0.00708. The average Bonchev–Trinajstić information content (AvgIpc) is 2.23. The van der Waals surface area contributed by atoms with Crippen LogP contribution in [0.3, 0.4) is 0 Å². The summed E-state index contributed by atoms with van der Waals surface area (Å²) in [6.45, 7) is 0. The van der Waals surface area contributed by atoms with Gasteiger partial charge in [-0.15, -0.1) is 0 Å². The third-order valence-electron chi connectivity index (χ3n) is 2.21. The van der Waals surface area contributed by atoms with E-state index in [2.05, 4.69) is 15.9 Å². The van der Waals surface area contributed by atoms with Gasteiger partial charge in [-0.3, -0.25) is 0 Å². The van der Waals surface area contributed by atoms with Crippen LogP contribution in [0.2, 0.25) is 0 Å². The van der Waals surface area contributed by atoms with Gasteiger partial charge in [0, 0.05) is 22.6 Å². The quantitative estimate of drug-likeness (QED) is 0.585. The van der Waals surface area contributed by atoms with Crippen molar-refractivity contribution in [2.75, 3.05) is 11.1 Å². The van der Waals surface area contributed by atoms with Gasteiger partial charge < -0.3 is 15.9 Å². The first kappa shape index (κ1) is 13.3. The van der Waals surface area contributed by atoms with Crippen LogP contribution in [0.5, 0.6) is 0 Å². The van der Waals surface area contributed by atoms with Crippen molar-refractivity contribution < 1.29 is 19.0 Å². The Hall–Kier alpha value is -0.720. The monoisotopic (exact) mass is 295 g/mol. The van der Waals surface area contributed by atoms with Gasteiger partial charge in [0.15, 0.2) is 11.6 Å². The van der Waals surface area contributed by atoms with Crippen LogP contribution < -0.4 is 5.73 Å². The summed E-state index contributed by atoms with van der Waals surface area (Å²) in [6.07, 6.45) is -2.13. The van der Waals surface area contributed by atoms with Gasteiger partial charge in [0.25, 0.3) is 0 Å². The molecule has 0 radical (unpaired) electrons. The van der Waals surface area contributed by atoms with Gasteiger partial charge in [-0.25, -0.2) is 8.78 Å². The minimum Gasteiger partial charge on any atom is -0.398 e. The predicted octanol–water partition coefficient (Wildman–Crippen LogP) is 1.73. The lowest BCUT2D eigenvalue weighted by Crippen LogP contribution is -2.20. The van der Waals surface area contributed by atoms with Crippen LogP contribution in [0.4, 0.5) is 14.5 Å². The van der Waals surface area contributed by atoms with E-state index in [-0.39, 0.29) is 17.7 Å². The number of anilines is 1. The molecule has 0 aromatic heterocycles. The molecule has 1 rings (SSSR count). The Morgan fingerprint density at radius 3 is 2.38 bits per heavy atom. The summed E-state index contributed by atoms with van der Waals surface area (Å²) in [5.74, 6) is -2.18. The lowest BCUT2D eigenvalue weighted by atomic mass is 10.0. The van der Waals surface area contributed by atoms with Crippen LogP contribution in [0, 0.1) is 11.6 Å². The minimum atomic E-state index is -1.33. The molecule has 0 spiro atoms. The van der Waals surface area contributed by atoms with E-state index >= 15 is 0 Å². The second-order valence-electron chi connectivity index (χ2n) is 3.39. The van der Waals surface area contributed by atoms with Crippen molar-refractivity contribution in [2.45, 2.75) is 18.6 Å². The summed E-state index contributed by atoms with van der Waals surface area (Å²) in [4.78, 5) is 0. The van der Waals surface area contributed by atoms with Crippen LogP contribution >= 0.6 is 15.9 Å². The number of alkyl halides is 1. The van der Waals surface area contributed by atoms with E-state index in [9.17, 15) is 19.0 Å². The van der Waals surface area contributed by atoms with Crippen molar-refractivity contribution in [2.24, 2.45) is 0 Å². The zero-order chi connectivity index (χ0) is 12.3. The molecule has 2 unspecified atom stereocenters. The fourth-order valence-electron chi connectivity index (χ4n) is 1.31. The molecular formula is C10H12BrF2NO2. The standard InChI is InChI=1S/C10H12BrF2NO2/c11-2-1-9(15)10(16)5-3-6(12)7(13)4-8(5)14/h3-4,9-10,15-16H,1-2,14H2. The van der Waals surface area contributed by atoms with E-state index in [1.807, 2.05) is 0 Å². The molecule has 0 aliphatic heterocycles. The summed E-state index contributed by atoms with van der Waals surface area (Å²) < 4.78 is 25.7. The smallest absolute Gasteiger partial charge is 0.160 e. The maximum atomic E-state index is 12.9. The highest BCUT2D eigenvalue weighted by Crippen LogP contribution is 2.27. The number of halogens is 3. The summed E-state index contributed by atoms with van der Waals surface area (Å²) in [6, 6.07) is 1.58. The molecule has 0 fully saturated rings. The van der Waals surface area contributed by atoms with Crippen LogP contribution in [-0.2, 0) is 0 Å². The molecule has 0 saturated carbocycles. The second-order valence-corrected chi connectivity index (χ2v) is 4.18. The van der Waals surface area contributed by atoms with E-state index < -0.39 is 23.8 Å². The Morgan fingerprint density at radius 1 is 1.25 bits per heavy atom. The third-order valence-corrected chi connectivity index (χ3v) is 2.67. The normalized spacial score (nSPS) is 14.8. The fourth-order valence-corrected chi connectivity index (χ4v) is 1.78. The van der Waals surface area contributed by atoms with Crippen LogP contribution in [0.1, 0.15) is 18.1 Å². The van der Waals surface area contributed by atoms with E-state index in [4.69, 9.17) is 5.73 Å². The van der Waals surface area contributed by atoms with Crippen LogP contribution in [0.15, 0.2) is 12.1 Å². The average molecular weight is 296 g/mol. The highest BCUT2D eigenvalue weighted by molar-refractivity contribution is 9.09. The Kier molecular flexibility index (Phi) is 4.64. The summed E-state index contributed by atoms with van der Waals surface area (Å²) >= 11 is 3.10. The fraction of sp³-hybridized carbons (Fsp3) is 0.400. The van der Waals surface area contributed by atoms with E-state index in [1.54, 1.807) is 0 Å². The van der Waals surface area contributed by atoms with Crippen molar-refractivity contribution in [3.63, 3.8) is 0 Å². The first-order valence-corrected chi connectivity index (χ1v) is 5.76. The number of nitrogens with two attached hydrogens (primary N) is 1. The van der Waals surface area contributed by atoms with E-state index in [0.717, 1.165) is 12.1 Å². The van der Waals surface area contributed by atoms with Gasteiger partial charge in [0.05, 0.1) is 6.10 Å². The Labute approximate surface area is 100 Å². The summed E-state index contributed by atoms with van der Waals surface area (Å²) in [7, 11) is 0. The summed E-state index contributed by atoms with van der Waals surface area (Å²) in [5, 5.41) is 19.7. The molecule has 4 N–H and O–H groups in total. The van der Waals surface area contributed by atoms with Crippen LogP contribution in [-0.4, -0.2) is 21.6 Å². The highest BCUT2D eigenvalue weighted by Gasteiger charge is 2.21. The van der Waals surface area contributed by atoms with Crippen molar-refractivity contribution >= 4 is 21.6 Å². The number of nitrogen functional groups attached to an aromatic ring is 1. The van der Waals surface area contributed by atoms with Gasteiger partial charge in [-0.2, -0.15) is 0 Å². The maximum Gasteiger partial charge on any atom is 0.160 e. The largest absolute Gasteiger partial charge is 0.398 e. The first-order valence-electron chi connectivity index (χ1n) is 4.64. The number of hydrogen-bond donors (Lipinski definition) is 3. The third kappa shape index (κ3) is 2.90. The van der Waals surface area contributed by atoms with Gasteiger partial charge in [-0.1, -0.05) is 15.9 Å². The molecule has 0 aliphatic carbocycles. The SMILES string of the molecule is Nc1cc(F)c(F)cc1C(O)C(O)CCBr. The lowest BCUT2D eigenvalue weighted by molar-refractivity contribution is 0.0176. The van der Waals surface area contributed by atoms with Gasteiger partial charge in [-0.05, 0) is 12.5 Å². The van der Waals surface area contributed by atoms with Crippen LogP contribution in [0.25, 0.3) is 0 Å². The predicted molar refractivity (Wildman–Crippen MR) is 60.1 cm³/mol. The number of benzene rings is 1. The lowest BCUT2D eigenvalue weighted by Gasteiger charge is -2.19. The molecule has 0 saturated heterocycles. The van der Waals surface area contributed by atoms with Gasteiger partial charge in [0.2, 0.25) is 0 Å². The molecule has 6 heteroatoms. The maximum absolute atomic E-state index is 12.9. The van der Waals surface area contributed by atoms with Gasteiger partial charge in [0.1, 0.15) is 6.10 Å². The number of rotatable bonds is 4. The molecule has 0 amide bonds. The van der Waals surface area contributed by atoms with Crippen molar-refractivity contribution in [1.29, 1.82) is 0 Å². The van der Waals surface area contributed by atoms with Crippen molar-refractivity contribution in [1.82, 2.24) is 0 Å². The molecule has 0 aliphatic rings. The Morgan fingerprint density at radius 2 is 1.81 bits per heavy atom. The van der Waals surface area contributed by atoms with Crippen molar-refractivity contribution in [3.8, 4) is 0 Å². The molecule has 2 atom stereocenters. The molecular weight excluding hydrogens is 284 g/mol. The molecule has 1 aromatic rings. The number of aliphatic hydroxyl groups excluding tert-OH is 2. The Balaban J connectivity index is 2.99. The molecule has 90 valence electrons.